The number of anilines is 1. The molecule has 3 rings (SSSR count). The lowest BCUT2D eigenvalue weighted by atomic mass is 10.2. The number of aryl methyl sites for hydroxylation is 2. The predicted molar refractivity (Wildman–Crippen MR) is 151 cm³/mol. The second-order valence-corrected chi connectivity index (χ2v) is 10.8. The van der Waals surface area contributed by atoms with Crippen molar-refractivity contribution in [2.75, 3.05) is 24.1 Å². The van der Waals surface area contributed by atoms with Crippen molar-refractivity contribution >= 4 is 39.4 Å². The Morgan fingerprint density at radius 3 is 2.39 bits per heavy atom. The van der Waals surface area contributed by atoms with Crippen LogP contribution in [0.1, 0.15) is 37.0 Å². The molecule has 1 N–H and O–H groups in total. The molecular formula is C28H32ClN3O5S. The summed E-state index contributed by atoms with van der Waals surface area (Å²) in [5, 5.41) is 4.48. The number of carbonyl (C=O) groups excluding carboxylic acids is 1. The molecule has 0 aliphatic heterocycles. The van der Waals surface area contributed by atoms with E-state index in [0.29, 0.717) is 46.5 Å². The van der Waals surface area contributed by atoms with Crippen LogP contribution in [0.4, 0.5) is 5.69 Å². The Balaban J connectivity index is 1.82. The number of hydrazone groups is 1. The molecule has 0 saturated carbocycles. The monoisotopic (exact) mass is 557 g/mol. The van der Waals surface area contributed by atoms with E-state index >= 15 is 0 Å². The Kier molecular flexibility index (Phi) is 10.2. The van der Waals surface area contributed by atoms with E-state index in [1.165, 1.54) is 18.3 Å². The van der Waals surface area contributed by atoms with Gasteiger partial charge in [0.25, 0.3) is 15.9 Å². The molecule has 0 saturated heterocycles. The fourth-order valence-corrected chi connectivity index (χ4v) is 5.30. The highest BCUT2D eigenvalue weighted by Gasteiger charge is 2.28. The molecule has 0 aliphatic carbocycles. The number of benzene rings is 3. The second-order valence-electron chi connectivity index (χ2n) is 8.54. The molecule has 0 heterocycles. The van der Waals surface area contributed by atoms with Crippen LogP contribution in [0.3, 0.4) is 0 Å². The Labute approximate surface area is 229 Å². The number of nitrogens with zero attached hydrogens (tertiary/aromatic N) is 2. The number of amides is 1. The van der Waals surface area contributed by atoms with Gasteiger partial charge in [-0.1, -0.05) is 36.2 Å². The maximum atomic E-state index is 13.6. The minimum Gasteiger partial charge on any atom is -0.490 e. The average Bonchev–Trinajstić information content (AvgIpc) is 2.87. The van der Waals surface area contributed by atoms with E-state index in [1.807, 2.05) is 20.8 Å². The molecule has 0 aliphatic rings. The fourth-order valence-electron chi connectivity index (χ4n) is 3.58. The number of sulfonamides is 1. The molecule has 10 heteroatoms. The maximum Gasteiger partial charge on any atom is 0.264 e. The van der Waals surface area contributed by atoms with Gasteiger partial charge in [0, 0.05) is 5.02 Å². The maximum absolute atomic E-state index is 13.6. The van der Waals surface area contributed by atoms with Gasteiger partial charge in [-0.15, -0.1) is 0 Å². The number of carbonyl (C=O) groups is 1. The minimum absolute atomic E-state index is 0.0718. The lowest BCUT2D eigenvalue weighted by molar-refractivity contribution is -0.119. The van der Waals surface area contributed by atoms with E-state index < -0.39 is 22.5 Å². The summed E-state index contributed by atoms with van der Waals surface area (Å²) in [6.45, 7) is 8.05. The Morgan fingerprint density at radius 1 is 1.00 bits per heavy atom. The van der Waals surface area contributed by atoms with Gasteiger partial charge in [0.05, 0.1) is 30.0 Å². The summed E-state index contributed by atoms with van der Waals surface area (Å²) >= 11 is 6.09. The first-order valence-electron chi connectivity index (χ1n) is 12.2. The molecule has 0 unspecified atom stereocenters. The van der Waals surface area contributed by atoms with Crippen LogP contribution >= 0.6 is 11.6 Å². The van der Waals surface area contributed by atoms with Gasteiger partial charge >= 0.3 is 0 Å². The number of hydrogen-bond acceptors (Lipinski definition) is 6. The van der Waals surface area contributed by atoms with E-state index in [4.69, 9.17) is 21.1 Å². The number of nitrogens with one attached hydrogen (secondary N) is 1. The van der Waals surface area contributed by atoms with E-state index in [2.05, 4.69) is 10.5 Å². The summed E-state index contributed by atoms with van der Waals surface area (Å²) in [5.41, 5.74) is 4.97. The zero-order chi connectivity index (χ0) is 27.7. The molecule has 0 aromatic heterocycles. The van der Waals surface area contributed by atoms with Gasteiger partial charge in [0.2, 0.25) is 0 Å². The third-order valence-corrected chi connectivity index (χ3v) is 7.46. The zero-order valence-corrected chi connectivity index (χ0v) is 23.5. The standard InChI is InChI=1S/C28H32ClN3O5S/c1-5-15-37-26-14-9-22(17-27(26)36-6-2)18-30-31-28(33)19-32(25-13-10-23(29)16-21(25)4)38(34,35)24-11-7-20(3)8-12-24/h7-14,16-18H,5-6,15,19H2,1-4H3,(H,31,33)/b30-18-. The summed E-state index contributed by atoms with van der Waals surface area (Å²) in [4.78, 5) is 12.9. The van der Waals surface area contributed by atoms with Crippen molar-refractivity contribution in [3.05, 3.63) is 82.4 Å². The van der Waals surface area contributed by atoms with Crippen LogP contribution in [0.25, 0.3) is 0 Å². The third-order valence-electron chi connectivity index (χ3n) is 5.46. The number of hydrogen-bond donors (Lipinski definition) is 1. The normalized spacial score (nSPS) is 11.4. The van der Waals surface area contributed by atoms with E-state index in [9.17, 15) is 13.2 Å². The second kappa shape index (κ2) is 13.3. The summed E-state index contributed by atoms with van der Waals surface area (Å²) in [6, 6.07) is 16.6. The Bertz CT molecular complexity index is 1390. The first kappa shape index (κ1) is 29.0. The van der Waals surface area contributed by atoms with Crippen LogP contribution < -0.4 is 19.2 Å². The summed E-state index contributed by atoms with van der Waals surface area (Å²) < 4.78 is 39.5. The first-order chi connectivity index (χ1) is 18.1. The molecule has 1 amide bonds. The molecule has 0 fully saturated rings. The van der Waals surface area contributed by atoms with Crippen LogP contribution in [0.15, 0.2) is 70.7 Å². The highest BCUT2D eigenvalue weighted by molar-refractivity contribution is 7.92. The fraction of sp³-hybridized carbons (Fsp3) is 0.286. The number of ether oxygens (including phenoxy) is 2. The van der Waals surface area contributed by atoms with Gasteiger partial charge in [-0.25, -0.2) is 13.8 Å². The zero-order valence-electron chi connectivity index (χ0n) is 21.9. The molecule has 3 aromatic carbocycles. The van der Waals surface area contributed by atoms with Crippen molar-refractivity contribution in [3.8, 4) is 11.5 Å². The Morgan fingerprint density at radius 2 is 1.74 bits per heavy atom. The van der Waals surface area contributed by atoms with Gasteiger partial charge in [0.15, 0.2) is 11.5 Å². The SMILES string of the molecule is CCCOc1ccc(/C=N\NC(=O)CN(c2ccc(Cl)cc2C)S(=O)(=O)c2ccc(C)cc2)cc1OCC. The van der Waals surface area contributed by atoms with E-state index in [1.54, 1.807) is 55.5 Å². The van der Waals surface area contributed by atoms with Gasteiger partial charge in [0.1, 0.15) is 6.54 Å². The van der Waals surface area contributed by atoms with Crippen molar-refractivity contribution in [2.45, 2.75) is 39.0 Å². The van der Waals surface area contributed by atoms with Gasteiger partial charge in [-0.2, -0.15) is 5.10 Å². The van der Waals surface area contributed by atoms with Crippen LogP contribution in [0.5, 0.6) is 11.5 Å². The minimum atomic E-state index is -4.06. The van der Waals surface area contributed by atoms with Crippen molar-refractivity contribution < 1.29 is 22.7 Å². The van der Waals surface area contributed by atoms with Crippen molar-refractivity contribution in [1.29, 1.82) is 0 Å². The largest absolute Gasteiger partial charge is 0.490 e. The van der Waals surface area contributed by atoms with Gasteiger partial charge in [-0.3, -0.25) is 9.10 Å². The molecule has 38 heavy (non-hydrogen) atoms. The average molecular weight is 558 g/mol. The number of halogens is 1. The van der Waals surface area contributed by atoms with Gasteiger partial charge < -0.3 is 9.47 Å². The topological polar surface area (TPSA) is 97.3 Å². The van der Waals surface area contributed by atoms with Gasteiger partial charge in [-0.05, 0) is 86.8 Å². The number of rotatable bonds is 12. The summed E-state index contributed by atoms with van der Waals surface area (Å²) in [5.74, 6) is 0.592. The molecule has 0 bridgehead atoms. The van der Waals surface area contributed by atoms with Crippen LogP contribution in [0, 0.1) is 13.8 Å². The highest BCUT2D eigenvalue weighted by Crippen LogP contribution is 2.30. The molecule has 3 aromatic rings. The smallest absolute Gasteiger partial charge is 0.264 e. The first-order valence-corrected chi connectivity index (χ1v) is 14.0. The molecule has 0 atom stereocenters. The van der Waals surface area contributed by atoms with E-state index in [0.717, 1.165) is 16.3 Å². The van der Waals surface area contributed by atoms with Crippen molar-refractivity contribution in [3.63, 3.8) is 0 Å². The van der Waals surface area contributed by atoms with E-state index in [-0.39, 0.29) is 4.90 Å². The molecular weight excluding hydrogens is 526 g/mol. The molecule has 202 valence electrons. The molecule has 0 radical (unpaired) electrons. The quantitative estimate of drug-likeness (QED) is 0.234. The van der Waals surface area contributed by atoms with Crippen molar-refractivity contribution in [1.82, 2.24) is 5.43 Å². The van der Waals surface area contributed by atoms with Crippen LogP contribution in [-0.4, -0.2) is 40.3 Å². The molecule has 8 nitrogen and oxygen atoms in total. The summed E-state index contributed by atoms with van der Waals surface area (Å²) in [6.07, 6.45) is 2.32. The summed E-state index contributed by atoms with van der Waals surface area (Å²) in [7, 11) is -4.06. The lowest BCUT2D eigenvalue weighted by Crippen LogP contribution is -2.40. The third kappa shape index (κ3) is 7.49. The molecule has 0 spiro atoms. The van der Waals surface area contributed by atoms with Crippen LogP contribution in [0.2, 0.25) is 5.02 Å². The van der Waals surface area contributed by atoms with Crippen molar-refractivity contribution in [2.24, 2.45) is 5.10 Å². The highest BCUT2D eigenvalue weighted by atomic mass is 35.5. The predicted octanol–water partition coefficient (Wildman–Crippen LogP) is 5.49. The Hall–Kier alpha value is -3.56. The lowest BCUT2D eigenvalue weighted by Gasteiger charge is -2.25. The van der Waals surface area contributed by atoms with Crippen LogP contribution in [-0.2, 0) is 14.8 Å².